The van der Waals surface area contributed by atoms with Crippen molar-refractivity contribution in [3.63, 3.8) is 0 Å². The smallest absolute Gasteiger partial charge is 0.253 e. The van der Waals surface area contributed by atoms with Gasteiger partial charge in [-0.3, -0.25) is 9.59 Å². The summed E-state index contributed by atoms with van der Waals surface area (Å²) < 4.78 is 0. The number of hydrogen-bond acceptors (Lipinski definition) is 2. The van der Waals surface area contributed by atoms with E-state index in [1.807, 2.05) is 25.1 Å². The van der Waals surface area contributed by atoms with E-state index in [-0.39, 0.29) is 17.9 Å². The van der Waals surface area contributed by atoms with E-state index in [1.165, 1.54) is 5.56 Å². The molecule has 0 spiro atoms. The minimum Gasteiger partial charge on any atom is -0.350 e. The van der Waals surface area contributed by atoms with Gasteiger partial charge in [0.2, 0.25) is 5.91 Å². The molecule has 0 aliphatic carbocycles. The number of nitrogens with zero attached hydrogens (tertiary/aromatic N) is 1. The van der Waals surface area contributed by atoms with Crippen molar-refractivity contribution < 1.29 is 9.59 Å². The highest BCUT2D eigenvalue weighted by atomic mass is 35.5. The predicted octanol–water partition coefficient (Wildman–Crippen LogP) is 4.22. The summed E-state index contributed by atoms with van der Waals surface area (Å²) in [6.07, 6.45) is 3.07. The number of carbonyl (C=O) groups excluding carboxylic acids is 2. The molecule has 0 unspecified atom stereocenters. The zero-order chi connectivity index (χ0) is 18.5. The van der Waals surface area contributed by atoms with Crippen LogP contribution >= 0.6 is 11.6 Å². The lowest BCUT2D eigenvalue weighted by Gasteiger charge is -2.21. The molecule has 2 aromatic rings. The Morgan fingerprint density at radius 3 is 2.69 bits per heavy atom. The van der Waals surface area contributed by atoms with Crippen LogP contribution < -0.4 is 10.2 Å². The van der Waals surface area contributed by atoms with Crippen LogP contribution in [-0.4, -0.2) is 24.4 Å². The lowest BCUT2D eigenvalue weighted by molar-refractivity contribution is -0.117. The van der Waals surface area contributed by atoms with Crippen LogP contribution in [0.3, 0.4) is 0 Å². The lowest BCUT2D eigenvalue weighted by Crippen LogP contribution is -2.35. The van der Waals surface area contributed by atoms with Gasteiger partial charge in [0.25, 0.3) is 5.91 Å². The Labute approximate surface area is 159 Å². The van der Waals surface area contributed by atoms with Gasteiger partial charge in [0.05, 0.1) is 11.3 Å². The zero-order valence-corrected chi connectivity index (χ0v) is 15.6. The summed E-state index contributed by atoms with van der Waals surface area (Å²) >= 11 is 6.10. The Morgan fingerprint density at radius 2 is 2.00 bits per heavy atom. The van der Waals surface area contributed by atoms with Crippen molar-refractivity contribution in [2.75, 3.05) is 11.4 Å². The van der Waals surface area contributed by atoms with E-state index in [4.69, 9.17) is 11.6 Å². The minimum absolute atomic E-state index is 0.0283. The van der Waals surface area contributed by atoms with Crippen molar-refractivity contribution >= 4 is 29.1 Å². The van der Waals surface area contributed by atoms with E-state index in [9.17, 15) is 9.59 Å². The van der Waals surface area contributed by atoms with Crippen molar-refractivity contribution in [2.45, 2.75) is 38.6 Å². The molecule has 0 saturated carbocycles. The minimum atomic E-state index is -0.170. The van der Waals surface area contributed by atoms with Crippen LogP contribution in [0.15, 0.2) is 48.5 Å². The van der Waals surface area contributed by atoms with Crippen molar-refractivity contribution in [3.05, 3.63) is 64.7 Å². The largest absolute Gasteiger partial charge is 0.350 e. The Bertz CT molecular complexity index is 792. The maximum absolute atomic E-state index is 12.8. The SMILES string of the molecule is C[C@@H](CCc1ccccc1)NC(=O)c1ccc(Cl)cc1N1CCCC1=O. The number of hydrogen-bond donors (Lipinski definition) is 1. The molecule has 3 rings (SSSR count). The van der Waals surface area contributed by atoms with Crippen molar-refractivity contribution in [3.8, 4) is 0 Å². The molecule has 0 radical (unpaired) electrons. The van der Waals surface area contributed by atoms with Gasteiger partial charge in [-0.1, -0.05) is 41.9 Å². The van der Waals surface area contributed by atoms with Gasteiger partial charge in [-0.15, -0.1) is 0 Å². The van der Waals surface area contributed by atoms with Crippen LogP contribution in [0, 0.1) is 0 Å². The highest BCUT2D eigenvalue weighted by Crippen LogP contribution is 2.28. The summed E-state index contributed by atoms with van der Waals surface area (Å²) in [6.45, 7) is 2.63. The number of rotatable bonds is 6. The van der Waals surface area contributed by atoms with E-state index in [2.05, 4.69) is 17.4 Å². The first-order valence-electron chi connectivity index (χ1n) is 8.99. The molecular weight excluding hydrogens is 348 g/mol. The van der Waals surface area contributed by atoms with Crippen molar-refractivity contribution in [2.24, 2.45) is 0 Å². The normalized spacial score (nSPS) is 15.2. The molecule has 136 valence electrons. The summed E-state index contributed by atoms with van der Waals surface area (Å²) in [7, 11) is 0. The van der Waals surface area contributed by atoms with Crippen LogP contribution in [0.25, 0.3) is 0 Å². The van der Waals surface area contributed by atoms with Crippen LogP contribution in [0.1, 0.15) is 42.1 Å². The van der Waals surface area contributed by atoms with E-state index in [0.717, 1.165) is 19.3 Å². The number of benzene rings is 2. The second kappa shape index (κ2) is 8.37. The Balaban J connectivity index is 1.68. The first-order valence-corrected chi connectivity index (χ1v) is 9.37. The highest BCUT2D eigenvalue weighted by molar-refractivity contribution is 6.31. The van der Waals surface area contributed by atoms with Crippen LogP contribution in [0.4, 0.5) is 5.69 Å². The van der Waals surface area contributed by atoms with Crippen LogP contribution in [0.2, 0.25) is 5.02 Å². The van der Waals surface area contributed by atoms with Gasteiger partial charge in [0, 0.05) is 24.0 Å². The van der Waals surface area contributed by atoms with Crippen LogP contribution in [-0.2, 0) is 11.2 Å². The van der Waals surface area contributed by atoms with Gasteiger partial charge in [-0.25, -0.2) is 0 Å². The predicted molar refractivity (Wildman–Crippen MR) is 105 cm³/mol. The molecule has 26 heavy (non-hydrogen) atoms. The standard InChI is InChI=1S/C21H23ClN2O2/c1-15(9-10-16-6-3-2-4-7-16)23-21(26)18-12-11-17(22)14-19(18)24-13-5-8-20(24)25/h2-4,6-7,11-12,14-15H,5,8-10,13H2,1H3,(H,23,26)/t15-/m0/s1. The van der Waals surface area contributed by atoms with Crippen molar-refractivity contribution in [1.29, 1.82) is 0 Å². The fraction of sp³-hybridized carbons (Fsp3) is 0.333. The van der Waals surface area contributed by atoms with Gasteiger partial charge in [-0.05, 0) is 49.9 Å². The third kappa shape index (κ3) is 4.44. The summed E-state index contributed by atoms with van der Waals surface area (Å²) in [5, 5.41) is 3.57. The first kappa shape index (κ1) is 18.5. The summed E-state index contributed by atoms with van der Waals surface area (Å²) in [4.78, 5) is 26.5. The molecule has 0 aromatic heterocycles. The highest BCUT2D eigenvalue weighted by Gasteiger charge is 2.26. The van der Waals surface area contributed by atoms with Gasteiger partial charge in [0.1, 0.15) is 0 Å². The molecule has 1 aliphatic heterocycles. The summed E-state index contributed by atoms with van der Waals surface area (Å²) in [5.41, 5.74) is 2.35. The average molecular weight is 371 g/mol. The molecule has 1 heterocycles. The first-order chi connectivity index (χ1) is 12.5. The van der Waals surface area contributed by atoms with E-state index >= 15 is 0 Å². The maximum atomic E-state index is 12.8. The second-order valence-corrected chi connectivity index (χ2v) is 7.15. The molecule has 1 aliphatic rings. The molecule has 0 bridgehead atoms. The number of anilines is 1. The van der Waals surface area contributed by atoms with E-state index < -0.39 is 0 Å². The fourth-order valence-corrected chi connectivity index (χ4v) is 3.39. The van der Waals surface area contributed by atoms with Gasteiger partial charge in [-0.2, -0.15) is 0 Å². The molecule has 2 amide bonds. The molecule has 2 aromatic carbocycles. The number of halogens is 1. The van der Waals surface area contributed by atoms with E-state index in [0.29, 0.717) is 29.2 Å². The summed E-state index contributed by atoms with van der Waals surface area (Å²) in [6, 6.07) is 15.3. The fourth-order valence-electron chi connectivity index (χ4n) is 3.22. The quantitative estimate of drug-likeness (QED) is 0.827. The zero-order valence-electron chi connectivity index (χ0n) is 14.9. The number of amides is 2. The number of nitrogens with one attached hydrogen (secondary N) is 1. The Kier molecular flexibility index (Phi) is 5.94. The molecule has 1 fully saturated rings. The molecule has 1 saturated heterocycles. The number of aryl methyl sites for hydroxylation is 1. The Hall–Kier alpha value is -2.33. The van der Waals surface area contributed by atoms with Crippen molar-refractivity contribution in [1.82, 2.24) is 5.32 Å². The molecule has 1 N–H and O–H groups in total. The number of carbonyl (C=O) groups is 2. The van der Waals surface area contributed by atoms with Gasteiger partial charge >= 0.3 is 0 Å². The van der Waals surface area contributed by atoms with Gasteiger partial charge in [0.15, 0.2) is 0 Å². The summed E-state index contributed by atoms with van der Waals surface area (Å²) in [5.74, 6) is -0.129. The third-order valence-corrected chi connectivity index (χ3v) is 4.89. The molecule has 1 atom stereocenters. The monoisotopic (exact) mass is 370 g/mol. The van der Waals surface area contributed by atoms with Gasteiger partial charge < -0.3 is 10.2 Å². The molecule has 5 heteroatoms. The average Bonchev–Trinajstić information content (AvgIpc) is 3.06. The Morgan fingerprint density at radius 1 is 1.23 bits per heavy atom. The lowest BCUT2D eigenvalue weighted by atomic mass is 10.1. The second-order valence-electron chi connectivity index (χ2n) is 6.71. The van der Waals surface area contributed by atoms with Crippen LogP contribution in [0.5, 0.6) is 0 Å². The third-order valence-electron chi connectivity index (χ3n) is 4.65. The topological polar surface area (TPSA) is 49.4 Å². The van der Waals surface area contributed by atoms with E-state index in [1.54, 1.807) is 23.1 Å². The molecule has 4 nitrogen and oxygen atoms in total. The maximum Gasteiger partial charge on any atom is 0.253 e. The molecular formula is C21H23ClN2O2.